The second kappa shape index (κ2) is 8.47. The van der Waals surface area contributed by atoms with Gasteiger partial charge in [0.25, 0.3) is 5.69 Å². The molecule has 2 aromatic carbocycles. The van der Waals surface area contributed by atoms with Crippen LogP contribution in [-0.2, 0) is 4.79 Å². The molecule has 1 amide bonds. The van der Waals surface area contributed by atoms with Gasteiger partial charge in [-0.3, -0.25) is 14.9 Å². The zero-order chi connectivity index (χ0) is 17.5. The minimum Gasteiger partial charge on any atom is -0.272 e. The molecule has 1 N–H and O–H groups in total. The summed E-state index contributed by atoms with van der Waals surface area (Å²) in [6.45, 7) is 1.72. The number of halogens is 1. The Bertz CT molecular complexity index is 761. The number of hydrazone groups is 1. The molecule has 0 radical (unpaired) electrons. The van der Waals surface area contributed by atoms with Gasteiger partial charge in [-0.05, 0) is 48.9 Å². The zero-order valence-corrected chi connectivity index (χ0v) is 14.3. The molecule has 0 heterocycles. The number of nitro groups is 1. The maximum atomic E-state index is 11.8. The molecule has 124 valence electrons. The van der Waals surface area contributed by atoms with Crippen LogP contribution < -0.4 is 5.43 Å². The second-order valence-electron chi connectivity index (χ2n) is 4.78. The predicted molar refractivity (Wildman–Crippen MR) is 95.6 cm³/mol. The van der Waals surface area contributed by atoms with Crippen LogP contribution in [0.5, 0.6) is 0 Å². The number of nitrogens with one attached hydrogen (secondary N) is 1. The number of amides is 1. The Kier molecular flexibility index (Phi) is 6.34. The number of hydrogen-bond donors (Lipinski definition) is 1. The average molecular weight is 364 g/mol. The molecule has 8 heteroatoms. The van der Waals surface area contributed by atoms with Gasteiger partial charge in [-0.15, -0.1) is 11.8 Å². The maximum absolute atomic E-state index is 11.8. The van der Waals surface area contributed by atoms with Crippen molar-refractivity contribution in [2.45, 2.75) is 11.8 Å². The molecule has 0 fully saturated rings. The van der Waals surface area contributed by atoms with E-state index in [1.165, 1.54) is 23.9 Å². The number of thioether (sulfide) groups is 1. The maximum Gasteiger partial charge on any atom is 0.269 e. The zero-order valence-electron chi connectivity index (χ0n) is 12.7. The molecule has 2 aromatic rings. The van der Waals surface area contributed by atoms with Crippen LogP contribution in [-0.4, -0.2) is 22.3 Å². The lowest BCUT2D eigenvalue weighted by atomic mass is 10.1. The summed E-state index contributed by atoms with van der Waals surface area (Å²) in [5.41, 5.74) is 3.74. The molecule has 0 spiro atoms. The molecule has 0 atom stereocenters. The van der Waals surface area contributed by atoms with Crippen molar-refractivity contribution in [3.05, 3.63) is 69.2 Å². The third-order valence-electron chi connectivity index (χ3n) is 3.03. The summed E-state index contributed by atoms with van der Waals surface area (Å²) in [4.78, 5) is 22.9. The third-order valence-corrected chi connectivity index (χ3v) is 4.29. The molecule has 24 heavy (non-hydrogen) atoms. The lowest BCUT2D eigenvalue weighted by molar-refractivity contribution is -0.384. The van der Waals surface area contributed by atoms with E-state index in [0.29, 0.717) is 16.3 Å². The average Bonchev–Trinajstić information content (AvgIpc) is 2.59. The molecule has 0 bridgehead atoms. The molecule has 0 saturated heterocycles. The van der Waals surface area contributed by atoms with Gasteiger partial charge in [0.2, 0.25) is 5.91 Å². The van der Waals surface area contributed by atoms with Crippen molar-refractivity contribution in [3.8, 4) is 0 Å². The van der Waals surface area contributed by atoms with Crippen molar-refractivity contribution in [2.24, 2.45) is 5.10 Å². The van der Waals surface area contributed by atoms with E-state index < -0.39 is 4.92 Å². The highest BCUT2D eigenvalue weighted by atomic mass is 35.5. The molecule has 2 rings (SSSR count). The van der Waals surface area contributed by atoms with Gasteiger partial charge in [0.05, 0.1) is 16.4 Å². The smallest absolute Gasteiger partial charge is 0.269 e. The Labute approximate surface area is 148 Å². The molecule has 0 saturated carbocycles. The van der Waals surface area contributed by atoms with Gasteiger partial charge in [0.1, 0.15) is 0 Å². The fourth-order valence-electron chi connectivity index (χ4n) is 1.75. The molecule has 0 aliphatic rings. The van der Waals surface area contributed by atoms with Crippen LogP contribution in [0.15, 0.2) is 58.5 Å². The van der Waals surface area contributed by atoms with Crippen LogP contribution >= 0.6 is 23.4 Å². The fourth-order valence-corrected chi connectivity index (χ4v) is 2.56. The molecular formula is C16H14ClN3O3S. The number of non-ortho nitro benzene ring substituents is 1. The highest BCUT2D eigenvalue weighted by Gasteiger charge is 2.06. The molecular weight excluding hydrogens is 350 g/mol. The molecule has 0 unspecified atom stereocenters. The number of hydrogen-bond acceptors (Lipinski definition) is 5. The summed E-state index contributed by atoms with van der Waals surface area (Å²) in [6.07, 6.45) is 0. The Morgan fingerprint density at radius 3 is 2.42 bits per heavy atom. The van der Waals surface area contributed by atoms with E-state index in [4.69, 9.17) is 11.6 Å². The van der Waals surface area contributed by atoms with Crippen LogP contribution in [0.25, 0.3) is 0 Å². The first kappa shape index (κ1) is 18.0. The van der Waals surface area contributed by atoms with E-state index in [0.717, 1.165) is 4.90 Å². The van der Waals surface area contributed by atoms with Crippen LogP contribution in [0.2, 0.25) is 5.02 Å². The summed E-state index contributed by atoms with van der Waals surface area (Å²) >= 11 is 7.18. The van der Waals surface area contributed by atoms with Crippen LogP contribution in [0.1, 0.15) is 12.5 Å². The van der Waals surface area contributed by atoms with Gasteiger partial charge < -0.3 is 0 Å². The van der Waals surface area contributed by atoms with Crippen LogP contribution in [0.4, 0.5) is 5.69 Å². The Morgan fingerprint density at radius 2 is 1.83 bits per heavy atom. The fraction of sp³-hybridized carbons (Fsp3) is 0.125. The van der Waals surface area contributed by atoms with Gasteiger partial charge in [0, 0.05) is 22.1 Å². The molecule has 0 aromatic heterocycles. The Balaban J connectivity index is 1.87. The summed E-state index contributed by atoms with van der Waals surface area (Å²) in [7, 11) is 0. The van der Waals surface area contributed by atoms with E-state index in [9.17, 15) is 14.9 Å². The lowest BCUT2D eigenvalue weighted by Crippen LogP contribution is -2.21. The lowest BCUT2D eigenvalue weighted by Gasteiger charge is -2.03. The normalized spacial score (nSPS) is 11.2. The first-order chi connectivity index (χ1) is 11.5. The Hall–Kier alpha value is -2.38. The van der Waals surface area contributed by atoms with Crippen molar-refractivity contribution in [3.63, 3.8) is 0 Å². The summed E-state index contributed by atoms with van der Waals surface area (Å²) in [5.74, 6) is -0.0187. The number of rotatable bonds is 6. The van der Waals surface area contributed by atoms with Crippen molar-refractivity contribution >= 4 is 40.7 Å². The van der Waals surface area contributed by atoms with E-state index in [1.54, 1.807) is 31.2 Å². The first-order valence-corrected chi connectivity index (χ1v) is 8.28. The minimum absolute atomic E-state index is 0.00921. The monoisotopic (exact) mass is 363 g/mol. The number of nitro benzene ring substituents is 1. The SMILES string of the molecule is C/C(=N/NC(=O)CSc1ccc(Cl)cc1)c1ccc([N+](=O)[O-])cc1. The van der Waals surface area contributed by atoms with Crippen molar-refractivity contribution in [1.82, 2.24) is 5.43 Å². The van der Waals surface area contributed by atoms with Crippen molar-refractivity contribution in [2.75, 3.05) is 5.75 Å². The number of carbonyl (C=O) groups is 1. The van der Waals surface area contributed by atoms with Gasteiger partial charge in [-0.1, -0.05) is 11.6 Å². The van der Waals surface area contributed by atoms with Crippen molar-refractivity contribution < 1.29 is 9.72 Å². The molecule has 6 nitrogen and oxygen atoms in total. The number of carbonyl (C=O) groups excluding carboxylic acids is 1. The quantitative estimate of drug-likeness (QED) is 0.365. The van der Waals surface area contributed by atoms with Gasteiger partial charge in [-0.25, -0.2) is 5.43 Å². The summed E-state index contributed by atoms with van der Waals surface area (Å²) in [6, 6.07) is 13.2. The van der Waals surface area contributed by atoms with Gasteiger partial charge in [-0.2, -0.15) is 5.10 Å². The predicted octanol–water partition coefficient (Wildman–Crippen LogP) is 3.88. The number of nitrogens with zero attached hydrogens (tertiary/aromatic N) is 2. The molecule has 0 aliphatic heterocycles. The highest BCUT2D eigenvalue weighted by Crippen LogP contribution is 2.20. The molecule has 0 aliphatic carbocycles. The van der Waals surface area contributed by atoms with E-state index >= 15 is 0 Å². The van der Waals surface area contributed by atoms with Crippen molar-refractivity contribution in [1.29, 1.82) is 0 Å². The van der Waals surface area contributed by atoms with Crippen LogP contribution in [0, 0.1) is 10.1 Å². The Morgan fingerprint density at radius 1 is 1.21 bits per heavy atom. The summed E-state index contributed by atoms with van der Waals surface area (Å²) < 4.78 is 0. The summed E-state index contributed by atoms with van der Waals surface area (Å²) in [5, 5.41) is 15.3. The van der Waals surface area contributed by atoms with Gasteiger partial charge in [0.15, 0.2) is 0 Å². The topological polar surface area (TPSA) is 84.6 Å². The minimum atomic E-state index is -0.466. The number of benzene rings is 2. The van der Waals surface area contributed by atoms with Crippen LogP contribution in [0.3, 0.4) is 0 Å². The van der Waals surface area contributed by atoms with E-state index in [1.807, 2.05) is 12.1 Å². The second-order valence-corrected chi connectivity index (χ2v) is 6.26. The third kappa shape index (κ3) is 5.36. The highest BCUT2D eigenvalue weighted by molar-refractivity contribution is 8.00. The van der Waals surface area contributed by atoms with Gasteiger partial charge >= 0.3 is 0 Å². The van der Waals surface area contributed by atoms with E-state index in [2.05, 4.69) is 10.5 Å². The standard InChI is InChI=1S/C16H14ClN3O3S/c1-11(12-2-6-14(7-3-12)20(22)23)18-19-16(21)10-24-15-8-4-13(17)5-9-15/h2-9H,10H2,1H3,(H,19,21)/b18-11-. The van der Waals surface area contributed by atoms with E-state index in [-0.39, 0.29) is 17.3 Å². The first-order valence-electron chi connectivity index (χ1n) is 6.92. The largest absolute Gasteiger partial charge is 0.272 e.